The van der Waals surface area contributed by atoms with Gasteiger partial charge >= 0.3 is 5.97 Å². The van der Waals surface area contributed by atoms with Crippen LogP contribution in [0.1, 0.15) is 37.0 Å². The number of halogens is 1. The summed E-state index contributed by atoms with van der Waals surface area (Å²) in [5, 5.41) is 0. The van der Waals surface area contributed by atoms with Gasteiger partial charge in [-0.1, -0.05) is 19.4 Å². The van der Waals surface area contributed by atoms with Crippen LogP contribution in [0.2, 0.25) is 0 Å². The van der Waals surface area contributed by atoms with Gasteiger partial charge in [-0.3, -0.25) is 14.5 Å². The average Bonchev–Trinajstić information content (AvgIpc) is 2.71. The predicted molar refractivity (Wildman–Crippen MR) is 73.5 cm³/mol. The summed E-state index contributed by atoms with van der Waals surface area (Å²) in [4.78, 5) is 37.1. The molecular formula is C15H16FNO4. The monoisotopic (exact) mass is 293 g/mol. The fraction of sp³-hybridized carbons (Fsp3) is 0.400. The molecule has 1 amide bonds. The summed E-state index contributed by atoms with van der Waals surface area (Å²) in [7, 11) is 0. The molecular weight excluding hydrogens is 277 g/mol. The van der Waals surface area contributed by atoms with Crippen LogP contribution in [0.4, 0.5) is 10.1 Å². The number of rotatable bonds is 5. The first kappa shape index (κ1) is 15.2. The lowest BCUT2D eigenvalue weighted by atomic mass is 10.1. The maximum Gasteiger partial charge on any atom is 0.329 e. The zero-order valence-electron chi connectivity index (χ0n) is 11.9. The van der Waals surface area contributed by atoms with Crippen molar-refractivity contribution in [2.75, 3.05) is 11.5 Å². The standard InChI is InChI=1S/C15H16FNO4/c1-3-6-11(15(20)21-4-2)17-12-9(13(18)14(17)19)7-5-8-10(12)16/h5,7-8,11H,3-4,6H2,1-2H3. The van der Waals surface area contributed by atoms with Gasteiger partial charge in [0.1, 0.15) is 11.9 Å². The number of fused-ring (bicyclic) bond motifs is 1. The van der Waals surface area contributed by atoms with E-state index in [9.17, 15) is 18.8 Å². The Labute approximate surface area is 121 Å². The van der Waals surface area contributed by atoms with Crippen molar-refractivity contribution in [1.82, 2.24) is 0 Å². The average molecular weight is 293 g/mol. The van der Waals surface area contributed by atoms with Crippen LogP contribution in [0, 0.1) is 5.82 Å². The zero-order valence-corrected chi connectivity index (χ0v) is 11.9. The van der Waals surface area contributed by atoms with Crippen LogP contribution in [0.5, 0.6) is 0 Å². The summed E-state index contributed by atoms with van der Waals surface area (Å²) >= 11 is 0. The molecule has 1 aromatic rings. The maximum atomic E-state index is 14.0. The zero-order chi connectivity index (χ0) is 15.6. The highest BCUT2D eigenvalue weighted by molar-refractivity contribution is 6.52. The van der Waals surface area contributed by atoms with Gasteiger partial charge in [0, 0.05) is 0 Å². The van der Waals surface area contributed by atoms with E-state index in [1.165, 1.54) is 12.1 Å². The molecule has 1 aliphatic rings. The third-order valence-electron chi connectivity index (χ3n) is 3.32. The molecule has 112 valence electrons. The van der Waals surface area contributed by atoms with Gasteiger partial charge in [-0.05, 0) is 25.5 Å². The minimum absolute atomic E-state index is 0.00889. The van der Waals surface area contributed by atoms with E-state index in [4.69, 9.17) is 4.74 Å². The van der Waals surface area contributed by atoms with E-state index in [1.54, 1.807) is 6.92 Å². The molecule has 0 fully saturated rings. The predicted octanol–water partition coefficient (Wildman–Crippen LogP) is 2.09. The SMILES string of the molecule is CCCC(C(=O)OCC)N1C(=O)C(=O)c2cccc(F)c21. The Kier molecular flexibility index (Phi) is 4.35. The highest BCUT2D eigenvalue weighted by Crippen LogP contribution is 2.34. The first-order valence-electron chi connectivity index (χ1n) is 6.85. The number of anilines is 1. The van der Waals surface area contributed by atoms with Gasteiger partial charge in [-0.15, -0.1) is 0 Å². The largest absolute Gasteiger partial charge is 0.464 e. The molecule has 0 N–H and O–H groups in total. The van der Waals surface area contributed by atoms with Crippen molar-refractivity contribution in [1.29, 1.82) is 0 Å². The number of benzene rings is 1. The van der Waals surface area contributed by atoms with Crippen molar-refractivity contribution in [3.8, 4) is 0 Å². The Hall–Kier alpha value is -2.24. The Morgan fingerprint density at radius 3 is 2.67 bits per heavy atom. The van der Waals surface area contributed by atoms with Crippen LogP contribution >= 0.6 is 0 Å². The topological polar surface area (TPSA) is 63.7 Å². The number of Topliss-reactive ketones (excluding diaryl/α,β-unsaturated/α-hetero) is 1. The van der Waals surface area contributed by atoms with Gasteiger partial charge in [0.25, 0.3) is 11.7 Å². The smallest absolute Gasteiger partial charge is 0.329 e. The number of hydrogen-bond acceptors (Lipinski definition) is 4. The number of ether oxygens (including phenoxy) is 1. The van der Waals surface area contributed by atoms with E-state index in [0.29, 0.717) is 12.8 Å². The van der Waals surface area contributed by atoms with Gasteiger partial charge in [-0.25, -0.2) is 9.18 Å². The van der Waals surface area contributed by atoms with Crippen LogP contribution < -0.4 is 4.90 Å². The molecule has 5 nitrogen and oxygen atoms in total. The van der Waals surface area contributed by atoms with E-state index in [2.05, 4.69) is 0 Å². The van der Waals surface area contributed by atoms with Gasteiger partial charge in [-0.2, -0.15) is 0 Å². The molecule has 0 radical (unpaired) electrons. The Morgan fingerprint density at radius 1 is 1.33 bits per heavy atom. The van der Waals surface area contributed by atoms with Crippen molar-refractivity contribution in [2.45, 2.75) is 32.7 Å². The van der Waals surface area contributed by atoms with Crippen LogP contribution in [0.15, 0.2) is 18.2 Å². The van der Waals surface area contributed by atoms with Crippen LogP contribution in [-0.4, -0.2) is 30.3 Å². The molecule has 1 aliphatic heterocycles. The number of carbonyl (C=O) groups is 3. The molecule has 6 heteroatoms. The second kappa shape index (κ2) is 6.03. The lowest BCUT2D eigenvalue weighted by Crippen LogP contribution is -2.45. The number of esters is 1. The highest BCUT2D eigenvalue weighted by atomic mass is 19.1. The number of hydrogen-bond donors (Lipinski definition) is 0. The number of amides is 1. The van der Waals surface area contributed by atoms with Crippen molar-refractivity contribution < 1.29 is 23.5 Å². The minimum Gasteiger partial charge on any atom is -0.464 e. The van der Waals surface area contributed by atoms with E-state index in [0.717, 1.165) is 11.0 Å². The van der Waals surface area contributed by atoms with E-state index >= 15 is 0 Å². The summed E-state index contributed by atoms with van der Waals surface area (Å²) in [5.74, 6) is -3.01. The number of para-hydroxylation sites is 1. The second-order valence-electron chi connectivity index (χ2n) is 4.70. The van der Waals surface area contributed by atoms with Crippen molar-refractivity contribution in [3.63, 3.8) is 0 Å². The van der Waals surface area contributed by atoms with Gasteiger partial charge < -0.3 is 4.74 Å². The van der Waals surface area contributed by atoms with E-state index in [-0.39, 0.29) is 17.9 Å². The fourth-order valence-electron chi connectivity index (χ4n) is 2.43. The summed E-state index contributed by atoms with van der Waals surface area (Å²) in [6.07, 6.45) is 0.886. The molecule has 2 rings (SSSR count). The molecule has 21 heavy (non-hydrogen) atoms. The fourth-order valence-corrected chi connectivity index (χ4v) is 2.43. The molecule has 0 saturated heterocycles. The summed E-state index contributed by atoms with van der Waals surface area (Å²) in [5.41, 5.74) is -0.135. The van der Waals surface area contributed by atoms with Gasteiger partial charge in [0.05, 0.1) is 17.9 Å². The quantitative estimate of drug-likeness (QED) is 0.616. The third kappa shape index (κ3) is 2.53. The third-order valence-corrected chi connectivity index (χ3v) is 3.32. The van der Waals surface area contributed by atoms with Crippen molar-refractivity contribution >= 4 is 23.3 Å². The van der Waals surface area contributed by atoms with Gasteiger partial charge in [0.2, 0.25) is 0 Å². The van der Waals surface area contributed by atoms with Crippen molar-refractivity contribution in [2.24, 2.45) is 0 Å². The molecule has 1 aromatic carbocycles. The normalized spacial score (nSPS) is 15.1. The first-order chi connectivity index (χ1) is 10.0. The molecule has 1 heterocycles. The Bertz CT molecular complexity index is 599. The number of ketones is 1. The summed E-state index contributed by atoms with van der Waals surface area (Å²) in [6.45, 7) is 3.63. The molecule has 1 atom stereocenters. The molecule has 0 bridgehead atoms. The van der Waals surface area contributed by atoms with Crippen LogP contribution in [-0.2, 0) is 14.3 Å². The molecule has 0 spiro atoms. The van der Waals surface area contributed by atoms with E-state index in [1.807, 2.05) is 6.92 Å². The van der Waals surface area contributed by atoms with Crippen LogP contribution in [0.25, 0.3) is 0 Å². The highest BCUT2D eigenvalue weighted by Gasteiger charge is 2.44. The minimum atomic E-state index is -0.982. The summed E-state index contributed by atoms with van der Waals surface area (Å²) < 4.78 is 19.0. The van der Waals surface area contributed by atoms with Gasteiger partial charge in [0.15, 0.2) is 0 Å². The molecule has 0 saturated carbocycles. The molecule has 1 unspecified atom stereocenters. The summed E-state index contributed by atoms with van der Waals surface area (Å²) in [6, 6.07) is 2.92. The number of nitrogens with zero attached hydrogens (tertiary/aromatic N) is 1. The maximum absolute atomic E-state index is 14.0. The van der Waals surface area contributed by atoms with Crippen molar-refractivity contribution in [3.05, 3.63) is 29.6 Å². The first-order valence-corrected chi connectivity index (χ1v) is 6.85. The van der Waals surface area contributed by atoms with Crippen LogP contribution in [0.3, 0.4) is 0 Å². The molecule has 0 aromatic heterocycles. The molecule has 0 aliphatic carbocycles. The number of carbonyl (C=O) groups excluding carboxylic acids is 3. The second-order valence-corrected chi connectivity index (χ2v) is 4.70. The lowest BCUT2D eigenvalue weighted by molar-refractivity contribution is -0.145. The Morgan fingerprint density at radius 2 is 2.05 bits per heavy atom. The van der Waals surface area contributed by atoms with E-state index < -0.39 is 29.5 Å². The lowest BCUT2D eigenvalue weighted by Gasteiger charge is -2.26. The Balaban J connectivity index is 2.49.